The summed E-state index contributed by atoms with van der Waals surface area (Å²) in [5, 5.41) is 15.5. The minimum atomic E-state index is -1.18. The number of hydrogen-bond acceptors (Lipinski definition) is 5. The second kappa shape index (κ2) is 5.24. The Balaban J connectivity index is 2.53. The van der Waals surface area contributed by atoms with Crippen LogP contribution < -0.4 is 0 Å². The van der Waals surface area contributed by atoms with E-state index in [1.54, 1.807) is 6.92 Å². The lowest BCUT2D eigenvalue weighted by Crippen LogP contribution is -2.19. The molecule has 0 radical (unpaired) electrons. The minimum Gasteiger partial charge on any atom is -0.476 e. The van der Waals surface area contributed by atoms with Gasteiger partial charge in [0.05, 0.1) is 12.3 Å². The average Bonchev–Trinajstić information content (AvgIpc) is 2.65. The molecular formula is C9H13N3O4. The van der Waals surface area contributed by atoms with Crippen molar-refractivity contribution in [2.75, 3.05) is 0 Å². The molecule has 0 bridgehead atoms. The van der Waals surface area contributed by atoms with Crippen LogP contribution in [0.25, 0.3) is 0 Å². The zero-order valence-electron chi connectivity index (χ0n) is 9.08. The predicted octanol–water partition coefficient (Wildman–Crippen LogP) is 0.318. The van der Waals surface area contributed by atoms with Gasteiger partial charge in [-0.25, -0.2) is 9.48 Å². The van der Waals surface area contributed by atoms with Crippen LogP contribution in [0.15, 0.2) is 6.20 Å². The van der Waals surface area contributed by atoms with Gasteiger partial charge in [0.1, 0.15) is 6.54 Å². The molecule has 0 aliphatic carbocycles. The van der Waals surface area contributed by atoms with Crippen molar-refractivity contribution < 1.29 is 19.4 Å². The molecule has 88 valence electrons. The molecule has 7 nitrogen and oxygen atoms in total. The SMILES string of the molecule is CCC(C)OC(=O)Cn1cc(C(=O)O)nn1. The number of rotatable bonds is 5. The van der Waals surface area contributed by atoms with Gasteiger partial charge >= 0.3 is 11.9 Å². The van der Waals surface area contributed by atoms with Gasteiger partial charge in [0.2, 0.25) is 0 Å². The van der Waals surface area contributed by atoms with Crippen LogP contribution in [-0.4, -0.2) is 38.1 Å². The van der Waals surface area contributed by atoms with Crippen molar-refractivity contribution in [3.8, 4) is 0 Å². The van der Waals surface area contributed by atoms with Crippen LogP contribution in [0.1, 0.15) is 30.8 Å². The van der Waals surface area contributed by atoms with Crippen molar-refractivity contribution in [1.82, 2.24) is 15.0 Å². The van der Waals surface area contributed by atoms with Crippen LogP contribution in [0.4, 0.5) is 0 Å². The molecule has 1 N–H and O–H groups in total. The van der Waals surface area contributed by atoms with Crippen LogP contribution in [0.2, 0.25) is 0 Å². The predicted molar refractivity (Wildman–Crippen MR) is 52.8 cm³/mol. The van der Waals surface area contributed by atoms with E-state index >= 15 is 0 Å². The highest BCUT2D eigenvalue weighted by Gasteiger charge is 2.12. The Morgan fingerprint density at radius 1 is 1.62 bits per heavy atom. The highest BCUT2D eigenvalue weighted by molar-refractivity contribution is 5.84. The van der Waals surface area contributed by atoms with Gasteiger partial charge in [-0.3, -0.25) is 4.79 Å². The molecule has 7 heteroatoms. The molecule has 1 rings (SSSR count). The van der Waals surface area contributed by atoms with E-state index in [-0.39, 0.29) is 18.3 Å². The number of aromatic carboxylic acids is 1. The summed E-state index contributed by atoms with van der Waals surface area (Å²) in [7, 11) is 0. The lowest BCUT2D eigenvalue weighted by molar-refractivity contribution is -0.149. The second-order valence-corrected chi connectivity index (χ2v) is 3.32. The zero-order chi connectivity index (χ0) is 12.1. The maximum Gasteiger partial charge on any atom is 0.358 e. The van der Waals surface area contributed by atoms with E-state index < -0.39 is 11.9 Å². The smallest absolute Gasteiger partial charge is 0.358 e. The van der Waals surface area contributed by atoms with Gasteiger partial charge in [-0.15, -0.1) is 5.10 Å². The molecule has 0 fully saturated rings. The van der Waals surface area contributed by atoms with Gasteiger partial charge in [-0.1, -0.05) is 12.1 Å². The third-order valence-electron chi connectivity index (χ3n) is 1.96. The Labute approximate surface area is 92.0 Å². The summed E-state index contributed by atoms with van der Waals surface area (Å²) < 4.78 is 6.13. The normalized spacial score (nSPS) is 12.1. The van der Waals surface area contributed by atoms with E-state index in [9.17, 15) is 9.59 Å². The number of ether oxygens (including phenoxy) is 1. The van der Waals surface area contributed by atoms with Crippen LogP contribution in [0, 0.1) is 0 Å². The summed E-state index contributed by atoms with van der Waals surface area (Å²) in [5.41, 5.74) is -0.198. The topological polar surface area (TPSA) is 94.3 Å². The van der Waals surface area contributed by atoms with E-state index in [4.69, 9.17) is 9.84 Å². The first-order valence-corrected chi connectivity index (χ1v) is 4.85. The average molecular weight is 227 g/mol. The zero-order valence-corrected chi connectivity index (χ0v) is 9.08. The van der Waals surface area contributed by atoms with Gasteiger partial charge in [0.15, 0.2) is 5.69 Å². The highest BCUT2D eigenvalue weighted by atomic mass is 16.5. The Hall–Kier alpha value is -1.92. The lowest BCUT2D eigenvalue weighted by Gasteiger charge is -2.09. The summed E-state index contributed by atoms with van der Waals surface area (Å²) in [5.74, 6) is -1.64. The Kier molecular flexibility index (Phi) is 3.98. The first-order valence-electron chi connectivity index (χ1n) is 4.85. The van der Waals surface area contributed by atoms with E-state index in [0.29, 0.717) is 0 Å². The Morgan fingerprint density at radius 2 is 2.31 bits per heavy atom. The standard InChI is InChI=1S/C9H13N3O4/c1-3-6(2)16-8(13)5-12-4-7(9(14)15)10-11-12/h4,6H,3,5H2,1-2H3,(H,14,15). The van der Waals surface area contributed by atoms with Crippen molar-refractivity contribution in [3.05, 3.63) is 11.9 Å². The number of nitrogens with zero attached hydrogens (tertiary/aromatic N) is 3. The summed E-state index contributed by atoms with van der Waals surface area (Å²) in [6.07, 6.45) is 1.75. The molecule has 1 atom stereocenters. The number of carboxylic acid groups (broad SMARTS) is 1. The molecular weight excluding hydrogens is 214 g/mol. The van der Waals surface area contributed by atoms with Crippen LogP contribution in [0.5, 0.6) is 0 Å². The molecule has 1 aromatic heterocycles. The molecule has 1 aromatic rings. The molecule has 0 saturated heterocycles. The summed E-state index contributed by atoms with van der Waals surface area (Å²) in [4.78, 5) is 21.8. The molecule has 0 aliphatic heterocycles. The molecule has 0 spiro atoms. The summed E-state index contributed by atoms with van der Waals surface area (Å²) >= 11 is 0. The van der Waals surface area contributed by atoms with Crippen molar-refractivity contribution in [1.29, 1.82) is 0 Å². The van der Waals surface area contributed by atoms with Crippen molar-refractivity contribution in [2.45, 2.75) is 32.9 Å². The fourth-order valence-electron chi connectivity index (χ4n) is 0.951. The number of carbonyl (C=O) groups is 2. The number of carbonyl (C=O) groups excluding carboxylic acids is 1. The maximum absolute atomic E-state index is 11.3. The second-order valence-electron chi connectivity index (χ2n) is 3.32. The minimum absolute atomic E-state index is 0.134. The molecule has 16 heavy (non-hydrogen) atoms. The highest BCUT2D eigenvalue weighted by Crippen LogP contribution is 1.99. The summed E-state index contributed by atoms with van der Waals surface area (Å²) in [6, 6.07) is 0. The van der Waals surface area contributed by atoms with E-state index in [2.05, 4.69) is 10.3 Å². The monoisotopic (exact) mass is 227 g/mol. The van der Waals surface area contributed by atoms with Crippen LogP contribution in [-0.2, 0) is 16.1 Å². The number of carboxylic acids is 1. The van der Waals surface area contributed by atoms with Gasteiger partial charge in [0.25, 0.3) is 0 Å². The maximum atomic E-state index is 11.3. The largest absolute Gasteiger partial charge is 0.476 e. The molecule has 0 saturated carbocycles. The third-order valence-corrected chi connectivity index (χ3v) is 1.96. The van der Waals surface area contributed by atoms with E-state index in [1.807, 2.05) is 6.92 Å². The van der Waals surface area contributed by atoms with Gasteiger partial charge in [-0.05, 0) is 13.3 Å². The molecule has 0 amide bonds. The lowest BCUT2D eigenvalue weighted by atomic mass is 10.3. The Bertz CT molecular complexity index is 388. The van der Waals surface area contributed by atoms with Gasteiger partial charge < -0.3 is 9.84 Å². The molecule has 1 unspecified atom stereocenters. The first-order chi connectivity index (χ1) is 7.52. The van der Waals surface area contributed by atoms with Crippen molar-refractivity contribution in [3.63, 3.8) is 0 Å². The molecule has 1 heterocycles. The number of esters is 1. The van der Waals surface area contributed by atoms with E-state index in [0.717, 1.165) is 11.1 Å². The van der Waals surface area contributed by atoms with Crippen LogP contribution in [0.3, 0.4) is 0 Å². The van der Waals surface area contributed by atoms with E-state index in [1.165, 1.54) is 6.20 Å². The van der Waals surface area contributed by atoms with Crippen molar-refractivity contribution >= 4 is 11.9 Å². The van der Waals surface area contributed by atoms with Crippen molar-refractivity contribution in [2.24, 2.45) is 0 Å². The first kappa shape index (κ1) is 12.2. The quantitative estimate of drug-likeness (QED) is 0.728. The van der Waals surface area contributed by atoms with Crippen LogP contribution >= 0.6 is 0 Å². The fourth-order valence-corrected chi connectivity index (χ4v) is 0.951. The fraction of sp³-hybridized carbons (Fsp3) is 0.556. The Morgan fingerprint density at radius 3 is 2.81 bits per heavy atom. The van der Waals surface area contributed by atoms with Gasteiger partial charge in [0, 0.05) is 0 Å². The number of hydrogen-bond donors (Lipinski definition) is 1. The molecule has 0 aromatic carbocycles. The molecule has 0 aliphatic rings. The number of aromatic nitrogens is 3. The third kappa shape index (κ3) is 3.34. The summed E-state index contributed by atoms with van der Waals surface area (Å²) in [6.45, 7) is 3.54. The van der Waals surface area contributed by atoms with Gasteiger partial charge in [-0.2, -0.15) is 0 Å².